The average Bonchev–Trinajstić information content (AvgIpc) is 3.60. The predicted octanol–water partition coefficient (Wildman–Crippen LogP) is 14.4. The minimum Gasteiger partial charge on any atom is -0.455 e. The first kappa shape index (κ1) is 28.2. The fourth-order valence-corrected chi connectivity index (χ4v) is 8.54. The summed E-state index contributed by atoms with van der Waals surface area (Å²) < 4.78 is 6.84. The molecule has 0 N–H and O–H groups in total. The number of benzene rings is 10. The molecule has 0 aliphatic carbocycles. The monoisotopic (exact) mass is 646 g/mol. The van der Waals surface area contributed by atoms with Gasteiger partial charge in [-0.1, -0.05) is 158 Å². The van der Waals surface area contributed by atoms with E-state index in [0.29, 0.717) is 0 Å². The first-order valence-electron chi connectivity index (χ1n) is 17.6. The smallest absolute Gasteiger partial charge is 0.143 e. The van der Waals surface area contributed by atoms with Crippen molar-refractivity contribution in [2.45, 2.75) is 0 Å². The molecule has 0 unspecified atom stereocenters. The van der Waals surface area contributed by atoms with Gasteiger partial charge in [0.05, 0.1) is 0 Å². The highest BCUT2D eigenvalue weighted by molar-refractivity contribution is 6.29. The Morgan fingerprint density at radius 2 is 0.804 bits per heavy atom. The molecule has 0 radical (unpaired) electrons. The maximum Gasteiger partial charge on any atom is 0.143 e. The lowest BCUT2D eigenvalue weighted by Gasteiger charge is -2.18. The molecule has 0 fully saturated rings. The zero-order valence-corrected chi connectivity index (χ0v) is 27.7. The molecule has 0 saturated heterocycles. The van der Waals surface area contributed by atoms with Gasteiger partial charge in [0.1, 0.15) is 11.2 Å². The van der Waals surface area contributed by atoms with Gasteiger partial charge in [0.2, 0.25) is 0 Å². The summed E-state index contributed by atoms with van der Waals surface area (Å²) in [6.45, 7) is 0. The molecule has 0 aliphatic rings. The number of hydrogen-bond donors (Lipinski definition) is 0. The number of furan rings is 1. The molecular formula is C50H30O. The molecule has 1 aromatic heterocycles. The van der Waals surface area contributed by atoms with Crippen LogP contribution in [0.3, 0.4) is 0 Å². The first-order chi connectivity index (χ1) is 25.3. The van der Waals surface area contributed by atoms with E-state index in [4.69, 9.17) is 4.42 Å². The molecule has 11 rings (SSSR count). The summed E-state index contributed by atoms with van der Waals surface area (Å²) in [6.07, 6.45) is 0. The Labute approximate surface area is 294 Å². The van der Waals surface area contributed by atoms with Gasteiger partial charge in [0.15, 0.2) is 0 Å². The van der Waals surface area contributed by atoms with Crippen LogP contribution in [0.5, 0.6) is 0 Å². The Kier molecular flexibility index (Phi) is 6.02. The van der Waals surface area contributed by atoms with Crippen molar-refractivity contribution in [3.05, 3.63) is 182 Å². The summed E-state index contributed by atoms with van der Waals surface area (Å²) in [7, 11) is 0. The molecule has 236 valence electrons. The predicted molar refractivity (Wildman–Crippen MR) is 218 cm³/mol. The van der Waals surface area contributed by atoms with Crippen molar-refractivity contribution in [1.29, 1.82) is 0 Å². The quantitative estimate of drug-likeness (QED) is 0.174. The van der Waals surface area contributed by atoms with Crippen LogP contribution in [0.15, 0.2) is 186 Å². The van der Waals surface area contributed by atoms with Crippen molar-refractivity contribution in [1.82, 2.24) is 0 Å². The molecule has 1 nitrogen and oxygen atoms in total. The number of hydrogen-bond acceptors (Lipinski definition) is 1. The molecular weight excluding hydrogens is 617 g/mol. The van der Waals surface area contributed by atoms with E-state index in [1.165, 1.54) is 86.9 Å². The molecule has 0 spiro atoms. The zero-order valence-electron chi connectivity index (χ0n) is 27.7. The second-order valence-electron chi connectivity index (χ2n) is 13.6. The van der Waals surface area contributed by atoms with Crippen LogP contribution in [0.2, 0.25) is 0 Å². The first-order valence-corrected chi connectivity index (χ1v) is 17.6. The van der Waals surface area contributed by atoms with Gasteiger partial charge in [-0.3, -0.25) is 0 Å². The fraction of sp³-hybridized carbons (Fsp3) is 0. The van der Waals surface area contributed by atoms with E-state index in [1.54, 1.807) is 0 Å². The van der Waals surface area contributed by atoms with E-state index < -0.39 is 0 Å². The van der Waals surface area contributed by atoms with Gasteiger partial charge in [0.25, 0.3) is 0 Å². The molecule has 51 heavy (non-hydrogen) atoms. The van der Waals surface area contributed by atoms with Crippen molar-refractivity contribution in [2.75, 3.05) is 0 Å². The third-order valence-electron chi connectivity index (χ3n) is 10.8. The van der Waals surface area contributed by atoms with Gasteiger partial charge in [-0.15, -0.1) is 0 Å². The van der Waals surface area contributed by atoms with Crippen LogP contribution in [-0.2, 0) is 0 Å². The van der Waals surface area contributed by atoms with E-state index in [2.05, 4.69) is 182 Å². The molecule has 11 aromatic rings. The lowest BCUT2D eigenvalue weighted by molar-refractivity contribution is 0.670. The highest BCUT2D eigenvalue weighted by atomic mass is 16.3. The molecule has 0 bridgehead atoms. The van der Waals surface area contributed by atoms with Crippen molar-refractivity contribution in [3.8, 4) is 33.4 Å². The van der Waals surface area contributed by atoms with Crippen LogP contribution in [0.1, 0.15) is 0 Å². The summed E-state index contributed by atoms with van der Waals surface area (Å²) in [6, 6.07) is 66.3. The summed E-state index contributed by atoms with van der Waals surface area (Å²) in [5.41, 5.74) is 9.03. The van der Waals surface area contributed by atoms with E-state index >= 15 is 0 Å². The van der Waals surface area contributed by atoms with E-state index in [-0.39, 0.29) is 0 Å². The summed E-state index contributed by atoms with van der Waals surface area (Å²) >= 11 is 0. The second-order valence-corrected chi connectivity index (χ2v) is 13.6. The van der Waals surface area contributed by atoms with Gasteiger partial charge >= 0.3 is 0 Å². The lowest BCUT2D eigenvalue weighted by atomic mass is 9.85. The van der Waals surface area contributed by atoms with Crippen LogP contribution < -0.4 is 0 Å². The topological polar surface area (TPSA) is 13.1 Å². The SMILES string of the molecule is c1cc(-c2c3ccccc3c(-c3ccc4ccccc4c3)c3ccccc23)cc(-c2cc3ccccc3c3c2oc2ccc4ccccc4c23)c1. The van der Waals surface area contributed by atoms with Crippen LogP contribution in [0.4, 0.5) is 0 Å². The molecule has 0 atom stereocenters. The Morgan fingerprint density at radius 1 is 0.294 bits per heavy atom. The van der Waals surface area contributed by atoms with Gasteiger partial charge in [-0.25, -0.2) is 0 Å². The third kappa shape index (κ3) is 4.22. The summed E-state index contributed by atoms with van der Waals surface area (Å²) in [5, 5.41) is 14.7. The highest BCUT2D eigenvalue weighted by Crippen LogP contribution is 2.47. The maximum absolute atomic E-state index is 6.84. The minimum absolute atomic E-state index is 0.915. The normalized spacial score (nSPS) is 11.9. The van der Waals surface area contributed by atoms with Crippen LogP contribution in [-0.4, -0.2) is 0 Å². The molecule has 0 amide bonds. The molecule has 1 heterocycles. The largest absolute Gasteiger partial charge is 0.455 e. The minimum atomic E-state index is 0.915. The summed E-state index contributed by atoms with van der Waals surface area (Å²) in [5.74, 6) is 0. The van der Waals surface area contributed by atoms with Gasteiger partial charge < -0.3 is 4.42 Å². The van der Waals surface area contributed by atoms with Crippen LogP contribution in [0, 0.1) is 0 Å². The van der Waals surface area contributed by atoms with Gasteiger partial charge in [0, 0.05) is 16.3 Å². The standard InChI is InChI=1S/C50H30O/c1-2-14-33-28-37(25-24-31(33)12-1)47-42-22-9-7-20-40(42)46(41-21-8-10-23-43(41)47)36-17-11-16-34(29-36)44-30-35-15-4-6-19-39(35)49-48-38-18-5-3-13-32(38)26-27-45(48)51-50(44)49/h1-30H. The zero-order chi connectivity index (χ0) is 33.5. The summed E-state index contributed by atoms with van der Waals surface area (Å²) in [4.78, 5) is 0. The van der Waals surface area contributed by atoms with Crippen molar-refractivity contribution in [3.63, 3.8) is 0 Å². The molecule has 0 saturated carbocycles. The number of fused-ring (bicyclic) bond motifs is 10. The van der Waals surface area contributed by atoms with Crippen LogP contribution in [0.25, 0.3) is 109 Å². The Hall–Kier alpha value is -6.70. The van der Waals surface area contributed by atoms with E-state index in [9.17, 15) is 0 Å². The van der Waals surface area contributed by atoms with Crippen molar-refractivity contribution >= 4 is 75.8 Å². The fourth-order valence-electron chi connectivity index (χ4n) is 8.54. The third-order valence-corrected chi connectivity index (χ3v) is 10.8. The average molecular weight is 647 g/mol. The molecule has 10 aromatic carbocycles. The van der Waals surface area contributed by atoms with Crippen molar-refractivity contribution in [2.24, 2.45) is 0 Å². The Morgan fingerprint density at radius 3 is 1.49 bits per heavy atom. The Bertz CT molecular complexity index is 3140. The second kappa shape index (κ2) is 10.9. The van der Waals surface area contributed by atoms with Crippen LogP contribution >= 0.6 is 0 Å². The van der Waals surface area contributed by atoms with E-state index in [1.807, 2.05) is 0 Å². The lowest BCUT2D eigenvalue weighted by Crippen LogP contribution is -1.91. The molecule has 0 aliphatic heterocycles. The molecule has 1 heteroatoms. The van der Waals surface area contributed by atoms with E-state index in [0.717, 1.165) is 22.3 Å². The van der Waals surface area contributed by atoms with Crippen molar-refractivity contribution < 1.29 is 4.42 Å². The number of rotatable bonds is 3. The highest BCUT2D eigenvalue weighted by Gasteiger charge is 2.20. The van der Waals surface area contributed by atoms with Gasteiger partial charge in [-0.2, -0.15) is 0 Å². The Balaban J connectivity index is 1.19. The maximum atomic E-state index is 6.84. The van der Waals surface area contributed by atoms with Gasteiger partial charge in [-0.05, 0) is 106 Å².